The second-order valence-electron chi connectivity index (χ2n) is 5.37. The fraction of sp³-hybridized carbons (Fsp3) is 0.467. The predicted octanol–water partition coefficient (Wildman–Crippen LogP) is 2.34. The first-order valence-electron chi connectivity index (χ1n) is 7.24. The maximum atomic E-state index is 13.6. The van der Waals surface area contributed by atoms with Gasteiger partial charge in [-0.05, 0) is 25.1 Å². The molecule has 1 aliphatic heterocycles. The standard InChI is InChI=1S/C15H18FN3O2S/c1-21-8-7-19-6-5-10(9-19)14(20)18-15-17-13-11(16)3-2-4-12(13)22-15/h2-4,10H,5-9H2,1H3,(H,17,18,20). The van der Waals surface area contributed by atoms with Gasteiger partial charge in [-0.1, -0.05) is 17.4 Å². The lowest BCUT2D eigenvalue weighted by Gasteiger charge is -2.14. The van der Waals surface area contributed by atoms with Crippen LogP contribution in [0.2, 0.25) is 0 Å². The lowest BCUT2D eigenvalue weighted by molar-refractivity contribution is -0.119. The Morgan fingerprint density at radius 2 is 2.45 bits per heavy atom. The number of nitrogens with one attached hydrogen (secondary N) is 1. The average molecular weight is 323 g/mol. The molecule has 1 aromatic heterocycles. The Balaban J connectivity index is 1.62. The molecule has 118 valence electrons. The monoisotopic (exact) mass is 323 g/mol. The third-order valence-corrected chi connectivity index (χ3v) is 4.79. The summed E-state index contributed by atoms with van der Waals surface area (Å²) in [5.41, 5.74) is 0.316. The summed E-state index contributed by atoms with van der Waals surface area (Å²) in [5, 5.41) is 3.28. The number of ether oxygens (including phenoxy) is 1. The number of aromatic nitrogens is 1. The van der Waals surface area contributed by atoms with Gasteiger partial charge in [-0.15, -0.1) is 0 Å². The number of benzene rings is 1. The molecule has 1 aliphatic rings. The highest BCUT2D eigenvalue weighted by atomic mass is 32.1. The number of fused-ring (bicyclic) bond motifs is 1. The van der Waals surface area contributed by atoms with Gasteiger partial charge in [0.1, 0.15) is 11.3 Å². The van der Waals surface area contributed by atoms with Gasteiger partial charge in [0.05, 0.1) is 17.2 Å². The first-order valence-corrected chi connectivity index (χ1v) is 8.06. The van der Waals surface area contributed by atoms with Crippen LogP contribution < -0.4 is 5.32 Å². The molecule has 0 aliphatic carbocycles. The molecule has 7 heteroatoms. The number of anilines is 1. The molecule has 1 fully saturated rings. The third kappa shape index (κ3) is 3.26. The fourth-order valence-electron chi connectivity index (χ4n) is 2.65. The Hall–Kier alpha value is -1.57. The molecular formula is C15H18FN3O2S. The molecule has 5 nitrogen and oxygen atoms in total. The van der Waals surface area contributed by atoms with E-state index >= 15 is 0 Å². The number of amides is 1. The van der Waals surface area contributed by atoms with Gasteiger partial charge in [-0.3, -0.25) is 4.79 Å². The number of para-hydroxylation sites is 1. The second kappa shape index (κ2) is 6.68. The highest BCUT2D eigenvalue weighted by Gasteiger charge is 2.28. The van der Waals surface area contributed by atoms with Crippen molar-refractivity contribution in [3.8, 4) is 0 Å². The van der Waals surface area contributed by atoms with E-state index in [-0.39, 0.29) is 17.6 Å². The molecule has 2 aromatic rings. The van der Waals surface area contributed by atoms with Crippen molar-refractivity contribution in [2.24, 2.45) is 5.92 Å². The summed E-state index contributed by atoms with van der Waals surface area (Å²) in [6.07, 6.45) is 0.828. The molecule has 1 aromatic carbocycles. The van der Waals surface area contributed by atoms with Gasteiger partial charge in [0.15, 0.2) is 5.13 Å². The zero-order valence-corrected chi connectivity index (χ0v) is 13.2. The number of rotatable bonds is 5. The Morgan fingerprint density at radius 3 is 3.23 bits per heavy atom. The molecular weight excluding hydrogens is 305 g/mol. The lowest BCUT2D eigenvalue weighted by Crippen LogP contribution is -2.29. The highest BCUT2D eigenvalue weighted by molar-refractivity contribution is 7.22. The third-order valence-electron chi connectivity index (χ3n) is 3.85. The molecule has 0 radical (unpaired) electrons. The number of hydrogen-bond donors (Lipinski definition) is 1. The number of methoxy groups -OCH3 is 1. The zero-order valence-electron chi connectivity index (χ0n) is 12.3. The van der Waals surface area contributed by atoms with Crippen molar-refractivity contribution in [1.29, 1.82) is 0 Å². The van der Waals surface area contributed by atoms with Gasteiger partial charge >= 0.3 is 0 Å². The van der Waals surface area contributed by atoms with Crippen LogP contribution in [0.1, 0.15) is 6.42 Å². The molecule has 1 unspecified atom stereocenters. The number of hydrogen-bond acceptors (Lipinski definition) is 5. The summed E-state index contributed by atoms with van der Waals surface area (Å²) in [6, 6.07) is 4.82. The second-order valence-corrected chi connectivity index (χ2v) is 6.40. The minimum absolute atomic E-state index is 0.0422. The van der Waals surface area contributed by atoms with Crippen LogP contribution in [0, 0.1) is 11.7 Å². The molecule has 2 heterocycles. The van der Waals surface area contributed by atoms with Gasteiger partial charge < -0.3 is 15.0 Å². The molecule has 1 amide bonds. The van der Waals surface area contributed by atoms with Crippen LogP contribution >= 0.6 is 11.3 Å². The van der Waals surface area contributed by atoms with Gasteiger partial charge in [0, 0.05) is 20.2 Å². The Labute approximate surface area is 132 Å². The highest BCUT2D eigenvalue weighted by Crippen LogP contribution is 2.28. The van der Waals surface area contributed by atoms with E-state index < -0.39 is 0 Å². The molecule has 0 spiro atoms. The zero-order chi connectivity index (χ0) is 15.5. The molecule has 0 bridgehead atoms. The topological polar surface area (TPSA) is 54.5 Å². The van der Waals surface area contributed by atoms with E-state index in [0.29, 0.717) is 17.3 Å². The SMILES string of the molecule is COCCN1CCC(C(=O)Nc2nc3c(F)cccc3s2)C1. The quantitative estimate of drug-likeness (QED) is 0.918. The van der Waals surface area contributed by atoms with E-state index in [1.165, 1.54) is 17.4 Å². The number of halogens is 1. The van der Waals surface area contributed by atoms with Crippen molar-refractivity contribution in [1.82, 2.24) is 9.88 Å². The summed E-state index contributed by atoms with van der Waals surface area (Å²) in [6.45, 7) is 3.14. The summed E-state index contributed by atoms with van der Waals surface area (Å²) in [7, 11) is 1.67. The molecule has 1 atom stereocenters. The van der Waals surface area contributed by atoms with Crippen LogP contribution in [0.25, 0.3) is 10.2 Å². The van der Waals surface area contributed by atoms with E-state index in [2.05, 4.69) is 15.2 Å². The minimum Gasteiger partial charge on any atom is -0.383 e. The molecule has 1 N–H and O–H groups in total. The molecule has 22 heavy (non-hydrogen) atoms. The number of thiazole rings is 1. The van der Waals surface area contributed by atoms with Gasteiger partial charge in [-0.2, -0.15) is 0 Å². The summed E-state index contributed by atoms with van der Waals surface area (Å²) in [4.78, 5) is 18.7. The Kier molecular flexibility index (Phi) is 4.66. The Morgan fingerprint density at radius 1 is 1.59 bits per heavy atom. The first-order chi connectivity index (χ1) is 10.7. The predicted molar refractivity (Wildman–Crippen MR) is 84.6 cm³/mol. The molecule has 1 saturated heterocycles. The smallest absolute Gasteiger partial charge is 0.230 e. The van der Waals surface area contributed by atoms with Crippen molar-refractivity contribution in [2.75, 3.05) is 38.7 Å². The van der Waals surface area contributed by atoms with E-state index in [9.17, 15) is 9.18 Å². The van der Waals surface area contributed by atoms with E-state index in [1.807, 2.05) is 0 Å². The van der Waals surface area contributed by atoms with Crippen molar-refractivity contribution < 1.29 is 13.9 Å². The van der Waals surface area contributed by atoms with Crippen LogP contribution in [0.5, 0.6) is 0 Å². The van der Waals surface area contributed by atoms with E-state index in [4.69, 9.17) is 4.74 Å². The van der Waals surface area contributed by atoms with E-state index in [0.717, 1.165) is 30.8 Å². The number of carbonyl (C=O) groups excluding carboxylic acids is 1. The largest absolute Gasteiger partial charge is 0.383 e. The lowest BCUT2D eigenvalue weighted by atomic mass is 10.1. The first kappa shape index (κ1) is 15.3. The molecule has 0 saturated carbocycles. The van der Waals surface area contributed by atoms with Crippen LogP contribution in [-0.2, 0) is 9.53 Å². The van der Waals surface area contributed by atoms with Crippen LogP contribution in [-0.4, -0.2) is 49.1 Å². The van der Waals surface area contributed by atoms with Gasteiger partial charge in [0.2, 0.25) is 5.91 Å². The van der Waals surface area contributed by atoms with Crippen molar-refractivity contribution in [3.63, 3.8) is 0 Å². The molecule has 3 rings (SSSR count). The summed E-state index contributed by atoms with van der Waals surface area (Å²) in [5.74, 6) is -0.450. The maximum absolute atomic E-state index is 13.6. The van der Waals surface area contributed by atoms with Gasteiger partial charge in [0.25, 0.3) is 0 Å². The number of likely N-dealkylation sites (tertiary alicyclic amines) is 1. The Bertz CT molecular complexity index is 676. The normalized spacial score (nSPS) is 18.9. The van der Waals surface area contributed by atoms with Crippen molar-refractivity contribution in [3.05, 3.63) is 24.0 Å². The fourth-order valence-corrected chi connectivity index (χ4v) is 3.53. The summed E-state index contributed by atoms with van der Waals surface area (Å²) < 4.78 is 19.4. The van der Waals surface area contributed by atoms with Crippen LogP contribution in [0.15, 0.2) is 18.2 Å². The van der Waals surface area contributed by atoms with Crippen molar-refractivity contribution >= 4 is 32.6 Å². The van der Waals surface area contributed by atoms with Crippen LogP contribution in [0.4, 0.5) is 9.52 Å². The van der Waals surface area contributed by atoms with Gasteiger partial charge in [-0.25, -0.2) is 9.37 Å². The van der Waals surface area contributed by atoms with Crippen LogP contribution in [0.3, 0.4) is 0 Å². The maximum Gasteiger partial charge on any atom is 0.230 e. The minimum atomic E-state index is -0.360. The summed E-state index contributed by atoms with van der Waals surface area (Å²) >= 11 is 1.30. The number of nitrogens with zero attached hydrogens (tertiary/aromatic N) is 2. The van der Waals surface area contributed by atoms with Crippen molar-refractivity contribution in [2.45, 2.75) is 6.42 Å². The van der Waals surface area contributed by atoms with E-state index in [1.54, 1.807) is 19.2 Å². The average Bonchev–Trinajstić information content (AvgIpc) is 3.12. The number of carbonyl (C=O) groups is 1.